The van der Waals surface area contributed by atoms with Crippen molar-refractivity contribution < 1.29 is 14.3 Å². The Kier molecular flexibility index (Phi) is 4.37. The molecule has 3 unspecified atom stereocenters. The summed E-state index contributed by atoms with van der Waals surface area (Å²) in [7, 11) is 1.62. The largest absolute Gasteiger partial charge is 0.383 e. The molecule has 0 radical (unpaired) electrons. The third kappa shape index (κ3) is 2.55. The first-order chi connectivity index (χ1) is 9.45. The molecule has 1 aliphatic heterocycles. The van der Waals surface area contributed by atoms with Crippen LogP contribution in [-0.4, -0.2) is 48.1 Å². The quantitative estimate of drug-likeness (QED) is 0.799. The average molecular weight is 282 g/mol. The molecule has 0 bridgehead atoms. The number of nitrogens with one attached hydrogen (secondary N) is 1. The third-order valence-corrected chi connectivity index (χ3v) is 4.54. The second-order valence-corrected chi connectivity index (χ2v) is 6.29. The maximum atomic E-state index is 12.9. The zero-order chi connectivity index (χ0) is 14.9. The molecule has 5 nitrogen and oxygen atoms in total. The fraction of sp³-hybridized carbons (Fsp3) is 0.867. The van der Waals surface area contributed by atoms with Gasteiger partial charge in [0.15, 0.2) is 0 Å². The van der Waals surface area contributed by atoms with Gasteiger partial charge < -0.3 is 15.0 Å². The molecule has 2 aliphatic rings. The number of methoxy groups -OCH3 is 1. The first-order valence-electron chi connectivity index (χ1n) is 7.59. The van der Waals surface area contributed by atoms with E-state index in [4.69, 9.17) is 4.74 Å². The second kappa shape index (κ2) is 5.72. The Morgan fingerprint density at radius 1 is 1.45 bits per heavy atom. The summed E-state index contributed by atoms with van der Waals surface area (Å²) >= 11 is 0. The Labute approximate surface area is 121 Å². The van der Waals surface area contributed by atoms with E-state index in [2.05, 4.69) is 5.32 Å². The fourth-order valence-corrected chi connectivity index (χ4v) is 3.24. The van der Waals surface area contributed by atoms with Crippen LogP contribution in [0.25, 0.3) is 0 Å². The molecule has 1 saturated carbocycles. The van der Waals surface area contributed by atoms with Gasteiger partial charge in [-0.2, -0.15) is 0 Å². The lowest BCUT2D eigenvalue weighted by molar-refractivity contribution is -0.159. The maximum Gasteiger partial charge on any atom is 0.249 e. The van der Waals surface area contributed by atoms with E-state index in [0.29, 0.717) is 18.9 Å². The fourth-order valence-electron chi connectivity index (χ4n) is 3.24. The van der Waals surface area contributed by atoms with E-state index >= 15 is 0 Å². The molecule has 1 aliphatic carbocycles. The lowest BCUT2D eigenvalue weighted by Crippen LogP contribution is -2.72. The van der Waals surface area contributed by atoms with Crippen molar-refractivity contribution in [2.45, 2.75) is 64.1 Å². The van der Waals surface area contributed by atoms with Gasteiger partial charge >= 0.3 is 0 Å². The molecule has 1 saturated heterocycles. The first kappa shape index (κ1) is 15.3. The van der Waals surface area contributed by atoms with Crippen LogP contribution in [0, 0.1) is 5.92 Å². The smallest absolute Gasteiger partial charge is 0.249 e. The Morgan fingerprint density at radius 3 is 2.60 bits per heavy atom. The lowest BCUT2D eigenvalue weighted by atomic mass is 9.87. The van der Waals surface area contributed by atoms with Crippen LogP contribution < -0.4 is 5.32 Å². The summed E-state index contributed by atoms with van der Waals surface area (Å²) in [4.78, 5) is 27.2. The lowest BCUT2D eigenvalue weighted by Gasteiger charge is -2.47. The number of hydrogen-bond acceptors (Lipinski definition) is 3. The van der Waals surface area contributed by atoms with Gasteiger partial charge in [-0.1, -0.05) is 13.3 Å². The van der Waals surface area contributed by atoms with Gasteiger partial charge in [0.05, 0.1) is 12.6 Å². The van der Waals surface area contributed by atoms with Crippen molar-refractivity contribution >= 4 is 11.8 Å². The van der Waals surface area contributed by atoms with E-state index in [1.165, 1.54) is 0 Å². The molecule has 3 atom stereocenters. The summed E-state index contributed by atoms with van der Waals surface area (Å²) in [6, 6.07) is -0.433. The predicted octanol–water partition coefficient (Wildman–Crippen LogP) is 1.32. The molecule has 2 amide bonds. The summed E-state index contributed by atoms with van der Waals surface area (Å²) in [6.07, 6.45) is 3.62. The van der Waals surface area contributed by atoms with Crippen molar-refractivity contribution in [1.82, 2.24) is 10.2 Å². The summed E-state index contributed by atoms with van der Waals surface area (Å²) in [5.74, 6) is 0.338. The molecular formula is C15H26N2O3. The molecule has 2 rings (SSSR count). The van der Waals surface area contributed by atoms with E-state index in [0.717, 1.165) is 19.3 Å². The Hall–Kier alpha value is -1.10. The normalized spacial score (nSPS) is 32.2. The third-order valence-electron chi connectivity index (χ3n) is 4.54. The topological polar surface area (TPSA) is 58.6 Å². The van der Waals surface area contributed by atoms with Crippen LogP contribution in [0.5, 0.6) is 0 Å². The van der Waals surface area contributed by atoms with Gasteiger partial charge in [0.1, 0.15) is 11.6 Å². The zero-order valence-corrected chi connectivity index (χ0v) is 12.9. The standard InChI is InChI=1S/C15H26N2O3/c1-5-6-12-13(18)16-15(3,11-7-8-11)14(19)17(12)10(2)9-20-4/h10-12H,5-9H2,1-4H3,(H,16,18). The number of carbonyl (C=O) groups excluding carboxylic acids is 2. The van der Waals surface area contributed by atoms with Crippen molar-refractivity contribution in [3.05, 3.63) is 0 Å². The highest BCUT2D eigenvalue weighted by molar-refractivity contribution is 6.00. The van der Waals surface area contributed by atoms with Crippen LogP contribution in [0.15, 0.2) is 0 Å². The number of rotatable bonds is 6. The van der Waals surface area contributed by atoms with Gasteiger partial charge in [-0.05, 0) is 39.0 Å². The zero-order valence-electron chi connectivity index (χ0n) is 12.9. The number of ether oxygens (including phenoxy) is 1. The molecule has 0 aromatic heterocycles. The van der Waals surface area contributed by atoms with E-state index in [-0.39, 0.29) is 23.9 Å². The maximum absolute atomic E-state index is 12.9. The van der Waals surface area contributed by atoms with Gasteiger partial charge in [-0.15, -0.1) is 0 Å². The summed E-state index contributed by atoms with van der Waals surface area (Å²) in [5, 5.41) is 3.00. The monoisotopic (exact) mass is 282 g/mol. The van der Waals surface area contributed by atoms with E-state index in [9.17, 15) is 9.59 Å². The predicted molar refractivity (Wildman–Crippen MR) is 76.2 cm³/mol. The van der Waals surface area contributed by atoms with Crippen LogP contribution in [0.3, 0.4) is 0 Å². The molecule has 0 aromatic rings. The van der Waals surface area contributed by atoms with Gasteiger partial charge in [-0.25, -0.2) is 0 Å². The van der Waals surface area contributed by atoms with Crippen LogP contribution in [0.1, 0.15) is 46.5 Å². The van der Waals surface area contributed by atoms with Crippen LogP contribution >= 0.6 is 0 Å². The number of carbonyl (C=O) groups is 2. The Bertz CT molecular complexity index is 395. The SMILES string of the molecule is CCCC1C(=O)NC(C)(C2CC2)C(=O)N1C(C)COC. The van der Waals surface area contributed by atoms with Gasteiger partial charge in [0, 0.05) is 7.11 Å². The highest BCUT2D eigenvalue weighted by Crippen LogP contribution is 2.42. The van der Waals surface area contributed by atoms with Crippen molar-refractivity contribution in [2.75, 3.05) is 13.7 Å². The highest BCUT2D eigenvalue weighted by atomic mass is 16.5. The Morgan fingerprint density at radius 2 is 2.10 bits per heavy atom. The van der Waals surface area contributed by atoms with Gasteiger partial charge in [0.2, 0.25) is 11.8 Å². The summed E-state index contributed by atoms with van der Waals surface area (Å²) < 4.78 is 5.19. The van der Waals surface area contributed by atoms with E-state index in [1.807, 2.05) is 20.8 Å². The van der Waals surface area contributed by atoms with Crippen LogP contribution in [0.2, 0.25) is 0 Å². The minimum atomic E-state index is -0.719. The summed E-state index contributed by atoms with van der Waals surface area (Å²) in [5.41, 5.74) is -0.719. The van der Waals surface area contributed by atoms with Crippen molar-refractivity contribution in [2.24, 2.45) is 5.92 Å². The average Bonchev–Trinajstić information content (AvgIpc) is 3.21. The van der Waals surface area contributed by atoms with Gasteiger partial charge in [0.25, 0.3) is 0 Å². The number of hydrogen-bond donors (Lipinski definition) is 1. The second-order valence-electron chi connectivity index (χ2n) is 6.29. The van der Waals surface area contributed by atoms with E-state index in [1.54, 1.807) is 12.0 Å². The van der Waals surface area contributed by atoms with Crippen LogP contribution in [0.4, 0.5) is 0 Å². The molecule has 0 spiro atoms. The first-order valence-corrected chi connectivity index (χ1v) is 7.59. The minimum Gasteiger partial charge on any atom is -0.383 e. The molecule has 20 heavy (non-hydrogen) atoms. The summed E-state index contributed by atoms with van der Waals surface area (Å²) in [6.45, 7) is 6.32. The van der Waals surface area contributed by atoms with Crippen LogP contribution in [-0.2, 0) is 14.3 Å². The van der Waals surface area contributed by atoms with Crippen molar-refractivity contribution in [3.63, 3.8) is 0 Å². The number of nitrogens with zero attached hydrogens (tertiary/aromatic N) is 1. The molecule has 2 fully saturated rings. The van der Waals surface area contributed by atoms with Crippen molar-refractivity contribution in [3.8, 4) is 0 Å². The minimum absolute atomic E-state index is 0.0104. The Balaban J connectivity index is 2.28. The molecule has 0 aromatic carbocycles. The van der Waals surface area contributed by atoms with Crippen molar-refractivity contribution in [1.29, 1.82) is 0 Å². The molecule has 1 heterocycles. The molecule has 5 heteroatoms. The van der Waals surface area contributed by atoms with E-state index < -0.39 is 5.54 Å². The van der Waals surface area contributed by atoms with Gasteiger partial charge in [-0.3, -0.25) is 9.59 Å². The molecule has 1 N–H and O–H groups in total. The molecular weight excluding hydrogens is 256 g/mol. The highest BCUT2D eigenvalue weighted by Gasteiger charge is 2.55. The number of amides is 2. The molecule has 114 valence electrons. The number of piperazine rings is 1.